The summed E-state index contributed by atoms with van der Waals surface area (Å²) in [5, 5.41) is 2.02. The van der Waals surface area contributed by atoms with Gasteiger partial charge in [0.15, 0.2) is 0 Å². The monoisotopic (exact) mass is 155 g/mol. The molecular formula is C6H9N3O2. The minimum Gasteiger partial charge on any atom is -0.322 e. The fraction of sp³-hybridized carbons (Fsp3) is 0.500. The van der Waals surface area contributed by atoms with Crippen LogP contribution in [0.4, 0.5) is 4.79 Å². The van der Waals surface area contributed by atoms with Gasteiger partial charge < -0.3 is 5.73 Å². The summed E-state index contributed by atoms with van der Waals surface area (Å²) in [7, 11) is 0. The van der Waals surface area contributed by atoms with E-state index in [-0.39, 0.29) is 5.71 Å². The summed E-state index contributed by atoms with van der Waals surface area (Å²) < 4.78 is 0. The zero-order valence-electron chi connectivity index (χ0n) is 6.13. The van der Waals surface area contributed by atoms with Crippen LogP contribution in [0.2, 0.25) is 0 Å². The number of carbonyl (C=O) groups excluding carboxylic acids is 2. The first kappa shape index (κ1) is 7.87. The summed E-state index contributed by atoms with van der Waals surface area (Å²) in [6, 6.07) is -1.05. The van der Waals surface area contributed by atoms with Gasteiger partial charge in [0.2, 0.25) is 0 Å². The highest BCUT2D eigenvalue weighted by molar-refractivity contribution is 6.47. The molecule has 1 rings (SSSR count). The lowest BCUT2D eigenvalue weighted by molar-refractivity contribution is -0.113. The van der Waals surface area contributed by atoms with E-state index in [0.29, 0.717) is 6.42 Å². The smallest absolute Gasteiger partial charge is 0.322 e. The Morgan fingerprint density at radius 3 is 2.64 bits per heavy atom. The van der Waals surface area contributed by atoms with Gasteiger partial charge in [-0.1, -0.05) is 6.92 Å². The van der Waals surface area contributed by atoms with Gasteiger partial charge in [-0.2, -0.15) is 4.99 Å². The molecule has 0 aromatic rings. The van der Waals surface area contributed by atoms with E-state index >= 15 is 0 Å². The van der Waals surface area contributed by atoms with Gasteiger partial charge in [0.05, 0.1) is 6.04 Å². The van der Waals surface area contributed by atoms with Gasteiger partial charge in [-0.15, -0.1) is 0 Å². The number of aliphatic imine (C=N–C) groups is 1. The van der Waals surface area contributed by atoms with Crippen molar-refractivity contribution in [1.82, 2.24) is 5.32 Å². The Balaban J connectivity index is 2.79. The first-order valence-electron chi connectivity index (χ1n) is 3.34. The van der Waals surface area contributed by atoms with Crippen LogP contribution in [0.5, 0.6) is 0 Å². The molecule has 0 aromatic heterocycles. The summed E-state index contributed by atoms with van der Waals surface area (Å²) in [4.78, 5) is 24.8. The maximum absolute atomic E-state index is 10.8. The largest absolute Gasteiger partial charge is 0.348 e. The van der Waals surface area contributed by atoms with Crippen molar-refractivity contribution in [2.45, 2.75) is 19.4 Å². The van der Waals surface area contributed by atoms with Gasteiger partial charge >= 0.3 is 6.03 Å². The summed E-state index contributed by atoms with van der Waals surface area (Å²) in [6.07, 6.45) is 0.597. The molecule has 0 saturated carbocycles. The molecule has 1 unspecified atom stereocenters. The second-order valence-electron chi connectivity index (χ2n) is 2.27. The number of nitrogens with one attached hydrogen (secondary N) is 1. The molecule has 1 heterocycles. The summed E-state index contributed by atoms with van der Waals surface area (Å²) in [6.45, 7) is 1.82. The van der Waals surface area contributed by atoms with Crippen LogP contribution in [0.3, 0.4) is 0 Å². The predicted molar refractivity (Wildman–Crippen MR) is 39.2 cm³/mol. The van der Waals surface area contributed by atoms with Crippen LogP contribution in [-0.4, -0.2) is 23.7 Å². The average Bonchev–Trinajstić information content (AvgIpc) is 2.28. The quantitative estimate of drug-likeness (QED) is 0.559. The van der Waals surface area contributed by atoms with Crippen molar-refractivity contribution in [2.24, 2.45) is 10.7 Å². The SMILES string of the molecule is CCC(N)C1=NC(=O)NC1=O. The van der Waals surface area contributed by atoms with Crippen LogP contribution >= 0.6 is 0 Å². The summed E-state index contributed by atoms with van der Waals surface area (Å²) >= 11 is 0. The lowest BCUT2D eigenvalue weighted by Crippen LogP contribution is -2.37. The number of nitrogens with zero attached hydrogens (tertiary/aromatic N) is 1. The Kier molecular flexibility index (Phi) is 2.00. The van der Waals surface area contributed by atoms with Gasteiger partial charge in [0.25, 0.3) is 5.91 Å². The summed E-state index contributed by atoms with van der Waals surface area (Å²) in [5.74, 6) is -0.468. The van der Waals surface area contributed by atoms with Crippen molar-refractivity contribution in [3.63, 3.8) is 0 Å². The highest BCUT2D eigenvalue weighted by Gasteiger charge is 2.26. The second-order valence-corrected chi connectivity index (χ2v) is 2.27. The van der Waals surface area contributed by atoms with Crippen LogP contribution in [0.15, 0.2) is 4.99 Å². The van der Waals surface area contributed by atoms with E-state index in [4.69, 9.17) is 5.73 Å². The molecule has 1 aliphatic heterocycles. The number of urea groups is 1. The van der Waals surface area contributed by atoms with Crippen molar-refractivity contribution in [3.8, 4) is 0 Å². The summed E-state index contributed by atoms with van der Waals surface area (Å²) in [5.41, 5.74) is 5.62. The Morgan fingerprint density at radius 1 is 1.64 bits per heavy atom. The molecule has 1 aliphatic rings. The van der Waals surface area contributed by atoms with Crippen LogP contribution in [-0.2, 0) is 4.79 Å². The predicted octanol–water partition coefficient (Wildman–Crippen LogP) is -0.586. The zero-order chi connectivity index (χ0) is 8.43. The third kappa shape index (κ3) is 1.43. The van der Waals surface area contributed by atoms with Crippen molar-refractivity contribution in [2.75, 3.05) is 0 Å². The van der Waals surface area contributed by atoms with Crippen molar-refractivity contribution >= 4 is 17.6 Å². The number of rotatable bonds is 2. The van der Waals surface area contributed by atoms with E-state index in [2.05, 4.69) is 4.99 Å². The molecule has 5 heteroatoms. The minimum absolute atomic E-state index is 0.137. The average molecular weight is 155 g/mol. The highest BCUT2D eigenvalue weighted by atomic mass is 16.2. The molecule has 1 atom stereocenters. The first-order valence-corrected chi connectivity index (χ1v) is 3.34. The maximum atomic E-state index is 10.8. The Bertz CT molecular complexity index is 234. The number of hydrogen-bond acceptors (Lipinski definition) is 3. The third-order valence-electron chi connectivity index (χ3n) is 1.47. The normalized spacial score (nSPS) is 19.6. The maximum Gasteiger partial charge on any atom is 0.348 e. The molecule has 11 heavy (non-hydrogen) atoms. The van der Waals surface area contributed by atoms with Gasteiger partial charge in [-0.25, -0.2) is 4.79 Å². The number of imide groups is 1. The fourth-order valence-corrected chi connectivity index (χ4v) is 0.794. The molecule has 0 saturated heterocycles. The molecule has 5 nitrogen and oxygen atoms in total. The van der Waals surface area contributed by atoms with Gasteiger partial charge in [-0.3, -0.25) is 10.1 Å². The Morgan fingerprint density at radius 2 is 2.27 bits per heavy atom. The fourth-order valence-electron chi connectivity index (χ4n) is 0.794. The molecule has 60 valence electrons. The molecule has 0 spiro atoms. The van der Waals surface area contributed by atoms with Gasteiger partial charge in [-0.05, 0) is 6.42 Å². The van der Waals surface area contributed by atoms with Crippen LogP contribution in [0, 0.1) is 0 Å². The van der Waals surface area contributed by atoms with E-state index < -0.39 is 18.0 Å². The molecule has 0 aromatic carbocycles. The molecular weight excluding hydrogens is 146 g/mol. The van der Waals surface area contributed by atoms with Crippen LogP contribution in [0.25, 0.3) is 0 Å². The molecule has 3 amide bonds. The van der Waals surface area contributed by atoms with E-state index in [1.54, 1.807) is 0 Å². The standard InChI is InChI=1S/C6H9N3O2/c1-2-3(7)4-5(10)9-6(11)8-4/h3H,2,7H2,1H3,(H,9,10,11). The molecule has 0 aliphatic carbocycles. The highest BCUT2D eigenvalue weighted by Crippen LogP contribution is 1.98. The number of carbonyl (C=O) groups is 2. The molecule has 0 bridgehead atoms. The Labute approximate surface area is 63.7 Å². The molecule has 3 N–H and O–H groups in total. The molecule has 0 fully saturated rings. The van der Waals surface area contributed by atoms with E-state index in [0.717, 1.165) is 0 Å². The van der Waals surface area contributed by atoms with Gasteiger partial charge in [0, 0.05) is 0 Å². The van der Waals surface area contributed by atoms with Gasteiger partial charge in [0.1, 0.15) is 5.71 Å². The second kappa shape index (κ2) is 2.79. The van der Waals surface area contributed by atoms with Crippen molar-refractivity contribution in [1.29, 1.82) is 0 Å². The zero-order valence-corrected chi connectivity index (χ0v) is 6.13. The van der Waals surface area contributed by atoms with Crippen molar-refractivity contribution < 1.29 is 9.59 Å². The topological polar surface area (TPSA) is 84.5 Å². The lowest BCUT2D eigenvalue weighted by Gasteiger charge is -2.03. The Hall–Kier alpha value is -1.23. The van der Waals surface area contributed by atoms with Crippen LogP contribution < -0.4 is 11.1 Å². The van der Waals surface area contributed by atoms with E-state index in [1.807, 2.05) is 12.2 Å². The van der Waals surface area contributed by atoms with E-state index in [1.165, 1.54) is 0 Å². The van der Waals surface area contributed by atoms with E-state index in [9.17, 15) is 9.59 Å². The number of hydrogen-bond donors (Lipinski definition) is 2. The third-order valence-corrected chi connectivity index (χ3v) is 1.47. The number of amides is 3. The lowest BCUT2D eigenvalue weighted by atomic mass is 10.1. The number of nitrogens with two attached hydrogens (primary N) is 1. The minimum atomic E-state index is -0.617. The van der Waals surface area contributed by atoms with Crippen molar-refractivity contribution in [3.05, 3.63) is 0 Å². The molecule has 0 radical (unpaired) electrons. The first-order chi connectivity index (χ1) is 5.15. The van der Waals surface area contributed by atoms with Crippen LogP contribution in [0.1, 0.15) is 13.3 Å².